The molecule has 0 aliphatic rings. The molecule has 0 aliphatic heterocycles. The summed E-state index contributed by atoms with van der Waals surface area (Å²) < 4.78 is 0. The Morgan fingerprint density at radius 3 is 1.60 bits per heavy atom. The molecule has 0 N–H and O–H groups in total. The van der Waals surface area contributed by atoms with Crippen LogP contribution >= 0.6 is 0 Å². The molecule has 0 rings (SSSR count). The normalized spacial score (nSPS) is 2.40. The number of allylic oxidation sites excluding steroid dienone is 1. The van der Waals surface area contributed by atoms with Crippen molar-refractivity contribution in [2.24, 2.45) is 0 Å². The fourth-order valence-electron chi connectivity index (χ4n) is 0. The van der Waals surface area contributed by atoms with Gasteiger partial charge in [0.1, 0.15) is 0 Å². The number of hydrogen-bond donors (Lipinski definition) is 0. The molecular weight excluding hydrogens is 175 g/mol. The van der Waals surface area contributed by atoms with Crippen molar-refractivity contribution < 1.29 is 33.5 Å². The van der Waals surface area contributed by atoms with Crippen LogP contribution < -0.4 is 17.0 Å². The Morgan fingerprint density at radius 1 is 1.60 bits per heavy atom. The summed E-state index contributed by atoms with van der Waals surface area (Å²) in [7, 11) is 0. The first-order chi connectivity index (χ1) is 1.41. The van der Waals surface area contributed by atoms with Crippen LogP contribution in [0.1, 0.15) is 0 Å². The van der Waals surface area contributed by atoms with E-state index in [0.29, 0.717) is 0 Å². The van der Waals surface area contributed by atoms with E-state index in [1.165, 1.54) is 6.08 Å². The molecule has 0 saturated carbocycles. The molecule has 0 heterocycles. The maximum Gasteiger partial charge on any atom is 2.00 e. The summed E-state index contributed by atoms with van der Waals surface area (Å²) in [4.78, 5) is 0. The van der Waals surface area contributed by atoms with Gasteiger partial charge in [0.2, 0.25) is 0 Å². The van der Waals surface area contributed by atoms with Crippen molar-refractivity contribution >= 4 is 0 Å². The molecule has 0 radical (unpaired) electrons. The summed E-state index contributed by atoms with van der Waals surface area (Å²) in [6.45, 7) is 6.50. The number of hydrogen-bond acceptors (Lipinski definition) is 0. The topological polar surface area (TPSA) is 0 Å². The second-order valence-electron chi connectivity index (χ2n) is 0.289. The van der Waals surface area contributed by atoms with E-state index in [-0.39, 0.29) is 33.5 Å². The van der Waals surface area contributed by atoms with Crippen molar-refractivity contribution in [3.63, 3.8) is 0 Å². The molecule has 5 heavy (non-hydrogen) atoms. The summed E-state index contributed by atoms with van der Waals surface area (Å²) in [6, 6.07) is 0. The van der Waals surface area contributed by atoms with Crippen LogP contribution in [0.15, 0.2) is 12.7 Å². The Hall–Kier alpha value is 0.584. The monoisotopic (exact) mass is 178 g/mol. The van der Waals surface area contributed by atoms with Gasteiger partial charge < -0.3 is 17.0 Å². The first-order valence-corrected chi connectivity index (χ1v) is 0.816. The summed E-state index contributed by atoms with van der Waals surface area (Å²) in [5.74, 6) is 0. The third-order valence-corrected chi connectivity index (χ3v) is 0. The minimum atomic E-state index is 0. The molecule has 0 saturated heterocycles. The van der Waals surface area contributed by atoms with Crippen LogP contribution in [0.5, 0.6) is 0 Å². The molecular formula is C3H5BrNi. The second-order valence-corrected chi connectivity index (χ2v) is 0.289. The van der Waals surface area contributed by atoms with Crippen molar-refractivity contribution in [1.82, 2.24) is 0 Å². The second kappa shape index (κ2) is 23.5. The van der Waals surface area contributed by atoms with E-state index in [1.54, 1.807) is 0 Å². The maximum absolute atomic E-state index is 3.25. The molecule has 0 aromatic rings. The number of rotatable bonds is 0. The van der Waals surface area contributed by atoms with E-state index in [1.807, 2.05) is 0 Å². The van der Waals surface area contributed by atoms with Crippen LogP contribution in [-0.4, -0.2) is 0 Å². The van der Waals surface area contributed by atoms with E-state index in [0.717, 1.165) is 0 Å². The smallest absolute Gasteiger partial charge is 1.00 e. The molecule has 0 amide bonds. The SMILES string of the molecule is C=C[CH2-].[Br-].[Ni+2]. The zero-order chi connectivity index (χ0) is 2.71. The summed E-state index contributed by atoms with van der Waals surface area (Å²) >= 11 is 0. The Balaban J connectivity index is -0.0000000200. The molecule has 0 nitrogen and oxygen atoms in total. The van der Waals surface area contributed by atoms with Crippen LogP contribution in [0.2, 0.25) is 0 Å². The molecule has 0 atom stereocenters. The molecule has 0 aliphatic carbocycles. The predicted molar refractivity (Wildman–Crippen MR) is 15.6 cm³/mol. The average Bonchev–Trinajstić information content (AvgIpc) is 0.918. The molecule has 2 heteroatoms. The minimum absolute atomic E-state index is 0. The molecule has 0 aromatic heterocycles. The third-order valence-electron chi connectivity index (χ3n) is 0. The van der Waals surface area contributed by atoms with Gasteiger partial charge in [0.05, 0.1) is 0 Å². The van der Waals surface area contributed by atoms with Crippen molar-refractivity contribution in [3.05, 3.63) is 19.6 Å². The Morgan fingerprint density at radius 2 is 1.60 bits per heavy atom. The summed E-state index contributed by atoms with van der Waals surface area (Å²) in [5, 5.41) is 0. The molecule has 0 spiro atoms. The van der Waals surface area contributed by atoms with Crippen molar-refractivity contribution in [3.8, 4) is 0 Å². The molecule has 0 fully saturated rings. The minimum Gasteiger partial charge on any atom is -1.00 e. The quantitative estimate of drug-likeness (QED) is 0.299. The van der Waals surface area contributed by atoms with E-state index in [9.17, 15) is 0 Å². The first-order valence-electron chi connectivity index (χ1n) is 0.816. The van der Waals surface area contributed by atoms with E-state index < -0.39 is 0 Å². The van der Waals surface area contributed by atoms with E-state index in [4.69, 9.17) is 0 Å². The maximum atomic E-state index is 3.25. The standard InChI is InChI=1S/C3H5.BrH.Ni/c1-3-2;;/h3H,1-2H2;1H;/q-1;;+2/p-1. The summed E-state index contributed by atoms with van der Waals surface area (Å²) in [5.41, 5.74) is 0. The van der Waals surface area contributed by atoms with Gasteiger partial charge in [-0.1, -0.05) is 0 Å². The first kappa shape index (κ1) is 17.6. The Labute approximate surface area is 53.3 Å². The molecule has 0 aromatic carbocycles. The van der Waals surface area contributed by atoms with Crippen LogP contribution in [0.3, 0.4) is 0 Å². The largest absolute Gasteiger partial charge is 2.00 e. The Kier molecular flexibility index (Phi) is 82.5. The van der Waals surface area contributed by atoms with Gasteiger partial charge in [-0.2, -0.15) is 0 Å². The molecule has 0 bridgehead atoms. The van der Waals surface area contributed by atoms with Gasteiger partial charge >= 0.3 is 16.5 Å². The van der Waals surface area contributed by atoms with Gasteiger partial charge in [0.25, 0.3) is 0 Å². The van der Waals surface area contributed by atoms with Crippen LogP contribution in [0.25, 0.3) is 0 Å². The van der Waals surface area contributed by atoms with Gasteiger partial charge in [-0.15, -0.1) is 0 Å². The van der Waals surface area contributed by atoms with E-state index >= 15 is 0 Å². The third kappa shape index (κ3) is 89.9. The van der Waals surface area contributed by atoms with Crippen LogP contribution in [0.4, 0.5) is 0 Å². The fraction of sp³-hybridized carbons (Fsp3) is 0. The summed E-state index contributed by atoms with van der Waals surface area (Å²) in [6.07, 6.45) is 1.50. The van der Waals surface area contributed by atoms with Crippen molar-refractivity contribution in [2.75, 3.05) is 0 Å². The van der Waals surface area contributed by atoms with Gasteiger partial charge in [0, 0.05) is 0 Å². The van der Waals surface area contributed by atoms with Gasteiger partial charge in [-0.05, 0) is 0 Å². The van der Waals surface area contributed by atoms with Crippen molar-refractivity contribution in [2.45, 2.75) is 0 Å². The molecule has 0 unspecified atom stereocenters. The Bertz CT molecular complexity index is 14.4. The van der Waals surface area contributed by atoms with Crippen molar-refractivity contribution in [1.29, 1.82) is 0 Å². The van der Waals surface area contributed by atoms with Gasteiger partial charge in [0.15, 0.2) is 0 Å². The van der Waals surface area contributed by atoms with Crippen LogP contribution in [0, 0.1) is 6.92 Å². The van der Waals surface area contributed by atoms with Gasteiger partial charge in [-0.3, -0.25) is 0 Å². The van der Waals surface area contributed by atoms with E-state index in [2.05, 4.69) is 13.5 Å². The average molecular weight is 180 g/mol. The predicted octanol–water partition coefficient (Wildman–Crippen LogP) is -1.99. The zero-order valence-corrected chi connectivity index (χ0v) is 5.26. The number of halogens is 1. The van der Waals surface area contributed by atoms with Crippen LogP contribution in [-0.2, 0) is 16.5 Å². The fourth-order valence-corrected chi connectivity index (χ4v) is 0. The van der Waals surface area contributed by atoms with Gasteiger partial charge in [-0.25, -0.2) is 19.6 Å². The molecule has 34 valence electrons. The zero-order valence-electron chi connectivity index (χ0n) is 2.69.